The molecule has 0 bridgehead atoms. The lowest BCUT2D eigenvalue weighted by molar-refractivity contribution is 0.595. The Bertz CT molecular complexity index is 345. The van der Waals surface area contributed by atoms with Gasteiger partial charge in [0.2, 0.25) is 0 Å². The van der Waals surface area contributed by atoms with Gasteiger partial charge in [0.1, 0.15) is 5.82 Å². The van der Waals surface area contributed by atoms with Crippen LogP contribution >= 0.6 is 0 Å². The van der Waals surface area contributed by atoms with Gasteiger partial charge in [-0.2, -0.15) is 0 Å². The van der Waals surface area contributed by atoms with Crippen LogP contribution in [0.25, 0.3) is 0 Å². The highest BCUT2D eigenvalue weighted by Gasteiger charge is 2.08. The first kappa shape index (κ1) is 10.9. The molecule has 4 heteroatoms. The van der Waals surface area contributed by atoms with E-state index in [0.29, 0.717) is 5.82 Å². The molecule has 14 heavy (non-hydrogen) atoms. The van der Waals surface area contributed by atoms with Gasteiger partial charge < -0.3 is 10.7 Å². The Hall–Kier alpha value is -1.16. The van der Waals surface area contributed by atoms with Gasteiger partial charge in [-0.3, -0.25) is 4.79 Å². The third-order valence-corrected chi connectivity index (χ3v) is 2.13. The van der Waals surface area contributed by atoms with Crippen molar-refractivity contribution in [3.63, 3.8) is 0 Å². The van der Waals surface area contributed by atoms with Crippen LogP contribution in [0.2, 0.25) is 0 Å². The minimum Gasteiger partial charge on any atom is -0.321 e. The second kappa shape index (κ2) is 4.91. The molecule has 0 saturated heterocycles. The number of aromatic amines is 1. The molecule has 1 aromatic heterocycles. The van der Waals surface area contributed by atoms with Gasteiger partial charge in [-0.15, -0.1) is 0 Å². The molecule has 3 N–H and O–H groups in total. The smallest absolute Gasteiger partial charge is 0.251 e. The van der Waals surface area contributed by atoms with Gasteiger partial charge in [0.25, 0.3) is 5.56 Å². The number of aromatic nitrogens is 2. The van der Waals surface area contributed by atoms with Crippen molar-refractivity contribution in [2.75, 3.05) is 0 Å². The standard InChI is InChI=1S/C10H17N3O/c1-3-5-8(11)10-12-7(4-2)6-9(14)13-10/h6,8H,3-5,11H2,1-2H3,(H,12,13,14). The molecule has 1 unspecified atom stereocenters. The van der Waals surface area contributed by atoms with Crippen LogP contribution in [0.15, 0.2) is 10.9 Å². The number of H-pyrrole nitrogens is 1. The van der Waals surface area contributed by atoms with E-state index in [1.807, 2.05) is 6.92 Å². The van der Waals surface area contributed by atoms with Crippen LogP contribution in [0.4, 0.5) is 0 Å². The lowest BCUT2D eigenvalue weighted by atomic mass is 10.1. The van der Waals surface area contributed by atoms with Gasteiger partial charge in [0.05, 0.1) is 6.04 Å². The lowest BCUT2D eigenvalue weighted by Crippen LogP contribution is -2.20. The molecule has 0 fully saturated rings. The molecule has 1 rings (SSSR count). The first-order valence-electron chi connectivity index (χ1n) is 5.03. The van der Waals surface area contributed by atoms with Crippen LogP contribution in [0.3, 0.4) is 0 Å². The molecule has 1 heterocycles. The minimum atomic E-state index is -0.154. The Labute approximate surface area is 83.6 Å². The zero-order valence-corrected chi connectivity index (χ0v) is 8.71. The first-order chi connectivity index (χ1) is 6.67. The van der Waals surface area contributed by atoms with Crippen LogP contribution in [-0.2, 0) is 6.42 Å². The van der Waals surface area contributed by atoms with E-state index >= 15 is 0 Å². The quantitative estimate of drug-likeness (QED) is 0.756. The SMILES string of the molecule is CCCC(N)c1nc(CC)cc(=O)[nH]1. The molecule has 1 atom stereocenters. The summed E-state index contributed by atoms with van der Waals surface area (Å²) in [5, 5.41) is 0. The van der Waals surface area contributed by atoms with Crippen molar-refractivity contribution in [3.8, 4) is 0 Å². The summed E-state index contributed by atoms with van der Waals surface area (Å²) in [5.41, 5.74) is 6.55. The average Bonchev–Trinajstić information content (AvgIpc) is 2.17. The first-order valence-corrected chi connectivity index (χ1v) is 5.03. The average molecular weight is 195 g/mol. The Morgan fingerprint density at radius 2 is 2.29 bits per heavy atom. The summed E-state index contributed by atoms with van der Waals surface area (Å²) < 4.78 is 0. The Kier molecular flexibility index (Phi) is 3.83. The number of nitrogens with zero attached hydrogens (tertiary/aromatic N) is 1. The van der Waals surface area contributed by atoms with Crippen LogP contribution < -0.4 is 11.3 Å². The molecule has 1 aromatic rings. The maximum Gasteiger partial charge on any atom is 0.251 e. The zero-order valence-electron chi connectivity index (χ0n) is 8.71. The third kappa shape index (κ3) is 2.67. The van der Waals surface area contributed by atoms with Gasteiger partial charge in [-0.05, 0) is 12.8 Å². The Morgan fingerprint density at radius 3 is 2.86 bits per heavy atom. The fourth-order valence-electron chi connectivity index (χ4n) is 1.33. The van der Waals surface area contributed by atoms with Crippen LogP contribution in [0, 0.1) is 0 Å². The van der Waals surface area contributed by atoms with E-state index in [-0.39, 0.29) is 11.6 Å². The predicted molar refractivity (Wildman–Crippen MR) is 56.1 cm³/mol. The zero-order chi connectivity index (χ0) is 10.6. The highest BCUT2D eigenvalue weighted by molar-refractivity contribution is 5.04. The van der Waals surface area contributed by atoms with E-state index in [1.54, 1.807) is 0 Å². The topological polar surface area (TPSA) is 71.8 Å². The van der Waals surface area contributed by atoms with Crippen LogP contribution in [-0.4, -0.2) is 9.97 Å². The maximum absolute atomic E-state index is 11.2. The number of hydrogen-bond donors (Lipinski definition) is 2. The van der Waals surface area contributed by atoms with Gasteiger partial charge in [-0.25, -0.2) is 4.98 Å². The fraction of sp³-hybridized carbons (Fsp3) is 0.600. The minimum absolute atomic E-state index is 0.113. The molecule has 0 amide bonds. The highest BCUT2D eigenvalue weighted by atomic mass is 16.1. The molecule has 0 aliphatic rings. The molecule has 0 radical (unpaired) electrons. The predicted octanol–water partition coefficient (Wildman–Crippen LogP) is 1.13. The molecule has 4 nitrogen and oxygen atoms in total. The number of aryl methyl sites for hydroxylation is 1. The van der Waals surface area contributed by atoms with E-state index in [4.69, 9.17) is 5.73 Å². The summed E-state index contributed by atoms with van der Waals surface area (Å²) in [6.45, 7) is 4.03. The highest BCUT2D eigenvalue weighted by Crippen LogP contribution is 2.09. The molecule has 0 saturated carbocycles. The molecular formula is C10H17N3O. The largest absolute Gasteiger partial charge is 0.321 e. The second-order valence-electron chi connectivity index (χ2n) is 3.37. The van der Waals surface area contributed by atoms with Crippen LogP contribution in [0.1, 0.15) is 44.2 Å². The summed E-state index contributed by atoms with van der Waals surface area (Å²) in [7, 11) is 0. The van der Waals surface area contributed by atoms with Gasteiger partial charge in [0, 0.05) is 11.8 Å². The molecular weight excluding hydrogens is 178 g/mol. The summed E-state index contributed by atoms with van der Waals surface area (Å²) in [4.78, 5) is 18.2. The van der Waals surface area contributed by atoms with Crippen molar-refractivity contribution in [1.82, 2.24) is 9.97 Å². The molecule has 78 valence electrons. The van der Waals surface area contributed by atoms with Gasteiger partial charge in [0.15, 0.2) is 0 Å². The number of nitrogens with one attached hydrogen (secondary N) is 1. The van der Waals surface area contributed by atoms with Crippen molar-refractivity contribution in [1.29, 1.82) is 0 Å². The van der Waals surface area contributed by atoms with E-state index in [2.05, 4.69) is 16.9 Å². The van der Waals surface area contributed by atoms with E-state index in [1.165, 1.54) is 6.07 Å². The van der Waals surface area contributed by atoms with Gasteiger partial charge in [-0.1, -0.05) is 20.3 Å². The third-order valence-electron chi connectivity index (χ3n) is 2.13. The van der Waals surface area contributed by atoms with E-state index in [9.17, 15) is 4.79 Å². The van der Waals surface area contributed by atoms with Crippen molar-refractivity contribution in [2.45, 2.75) is 39.2 Å². The van der Waals surface area contributed by atoms with Crippen LogP contribution in [0.5, 0.6) is 0 Å². The molecule has 0 aliphatic heterocycles. The van der Waals surface area contributed by atoms with Crippen molar-refractivity contribution in [2.24, 2.45) is 5.73 Å². The lowest BCUT2D eigenvalue weighted by Gasteiger charge is -2.09. The number of nitrogens with two attached hydrogens (primary N) is 1. The number of rotatable bonds is 4. The van der Waals surface area contributed by atoms with Crippen molar-refractivity contribution < 1.29 is 0 Å². The fourth-order valence-corrected chi connectivity index (χ4v) is 1.33. The molecule has 0 aromatic carbocycles. The Balaban J connectivity index is 2.96. The van der Waals surface area contributed by atoms with Crippen molar-refractivity contribution in [3.05, 3.63) is 27.9 Å². The molecule has 0 aliphatic carbocycles. The molecule has 0 spiro atoms. The van der Waals surface area contributed by atoms with E-state index < -0.39 is 0 Å². The normalized spacial score (nSPS) is 12.8. The van der Waals surface area contributed by atoms with Gasteiger partial charge >= 0.3 is 0 Å². The summed E-state index contributed by atoms with van der Waals surface area (Å²) in [6.07, 6.45) is 2.59. The summed E-state index contributed by atoms with van der Waals surface area (Å²) in [6, 6.07) is 1.36. The number of hydrogen-bond acceptors (Lipinski definition) is 3. The van der Waals surface area contributed by atoms with E-state index in [0.717, 1.165) is 25.0 Å². The maximum atomic E-state index is 11.2. The summed E-state index contributed by atoms with van der Waals surface area (Å²) >= 11 is 0. The Morgan fingerprint density at radius 1 is 1.57 bits per heavy atom. The van der Waals surface area contributed by atoms with Crippen molar-refractivity contribution >= 4 is 0 Å². The monoisotopic (exact) mass is 195 g/mol. The second-order valence-corrected chi connectivity index (χ2v) is 3.37. The summed E-state index contributed by atoms with van der Waals surface area (Å²) in [5.74, 6) is 0.608.